The minimum Gasteiger partial charge on any atom is -0.398 e. The van der Waals surface area contributed by atoms with Crippen LogP contribution in [0.2, 0.25) is 5.02 Å². The molecule has 18 heavy (non-hydrogen) atoms. The van der Waals surface area contributed by atoms with Gasteiger partial charge in [-0.2, -0.15) is 0 Å². The zero-order valence-corrected chi connectivity index (χ0v) is 11.8. The summed E-state index contributed by atoms with van der Waals surface area (Å²) >= 11 is 5.78. The van der Waals surface area contributed by atoms with Crippen molar-refractivity contribution in [2.75, 3.05) is 25.9 Å². The summed E-state index contributed by atoms with van der Waals surface area (Å²) < 4.78 is 0. The number of nitrogens with one attached hydrogen (secondary N) is 1. The second-order valence-corrected chi connectivity index (χ2v) is 5.00. The number of halogens is 1. The van der Waals surface area contributed by atoms with Crippen molar-refractivity contribution in [3.05, 3.63) is 28.8 Å². The van der Waals surface area contributed by atoms with E-state index in [-0.39, 0.29) is 5.91 Å². The van der Waals surface area contributed by atoms with Gasteiger partial charge in [-0.1, -0.05) is 11.6 Å². The van der Waals surface area contributed by atoms with E-state index in [1.54, 1.807) is 18.2 Å². The van der Waals surface area contributed by atoms with Crippen LogP contribution >= 0.6 is 11.6 Å². The van der Waals surface area contributed by atoms with Gasteiger partial charge in [-0.05, 0) is 39.1 Å². The number of nitrogens with two attached hydrogens (primary N) is 1. The van der Waals surface area contributed by atoms with Crippen molar-refractivity contribution in [3.63, 3.8) is 0 Å². The Kier molecular flexibility index (Phi) is 5.44. The monoisotopic (exact) mass is 269 g/mol. The number of nitrogens with zero attached hydrogens (tertiary/aromatic N) is 1. The molecule has 4 nitrogen and oxygen atoms in total. The number of likely N-dealkylation sites (N-methyl/N-ethyl adjacent to an activating group) is 1. The molecule has 1 aromatic carbocycles. The van der Waals surface area contributed by atoms with Crippen LogP contribution in [0.15, 0.2) is 18.2 Å². The number of hydrogen-bond acceptors (Lipinski definition) is 3. The van der Waals surface area contributed by atoms with Crippen molar-refractivity contribution in [2.24, 2.45) is 0 Å². The smallest absolute Gasteiger partial charge is 0.253 e. The molecule has 1 aromatic rings. The molecule has 5 heteroatoms. The first-order valence-corrected chi connectivity index (χ1v) is 6.33. The van der Waals surface area contributed by atoms with Crippen LogP contribution in [-0.2, 0) is 0 Å². The van der Waals surface area contributed by atoms with Gasteiger partial charge < -0.3 is 16.0 Å². The Bertz CT molecular complexity index is 421. The molecule has 0 heterocycles. The third-order valence-corrected chi connectivity index (χ3v) is 3.12. The molecular weight excluding hydrogens is 250 g/mol. The number of amides is 1. The molecule has 0 saturated heterocycles. The molecule has 0 bridgehead atoms. The van der Waals surface area contributed by atoms with Crippen molar-refractivity contribution in [2.45, 2.75) is 19.9 Å². The SMILES string of the molecule is CC(C)N(C)CCNC(=O)c1ccc(Cl)cc1N. The Morgan fingerprint density at radius 3 is 2.72 bits per heavy atom. The summed E-state index contributed by atoms with van der Waals surface area (Å²) in [6.07, 6.45) is 0. The fourth-order valence-electron chi connectivity index (χ4n) is 1.44. The Morgan fingerprint density at radius 2 is 2.17 bits per heavy atom. The lowest BCUT2D eigenvalue weighted by Gasteiger charge is -2.21. The Labute approximate surface area is 113 Å². The van der Waals surface area contributed by atoms with Gasteiger partial charge in [-0.15, -0.1) is 0 Å². The van der Waals surface area contributed by atoms with E-state index in [4.69, 9.17) is 17.3 Å². The van der Waals surface area contributed by atoms with E-state index in [2.05, 4.69) is 24.1 Å². The summed E-state index contributed by atoms with van der Waals surface area (Å²) in [4.78, 5) is 14.0. The van der Waals surface area contributed by atoms with E-state index in [0.717, 1.165) is 6.54 Å². The maximum absolute atomic E-state index is 11.9. The molecular formula is C13H20ClN3O. The topological polar surface area (TPSA) is 58.4 Å². The largest absolute Gasteiger partial charge is 0.398 e. The van der Waals surface area contributed by atoms with E-state index in [1.807, 2.05) is 7.05 Å². The Morgan fingerprint density at radius 1 is 1.50 bits per heavy atom. The first kappa shape index (κ1) is 14.8. The molecule has 0 aliphatic carbocycles. The average molecular weight is 270 g/mol. The minimum absolute atomic E-state index is 0.165. The number of benzene rings is 1. The predicted molar refractivity (Wildman–Crippen MR) is 76.0 cm³/mol. The summed E-state index contributed by atoms with van der Waals surface area (Å²) in [7, 11) is 2.02. The lowest BCUT2D eigenvalue weighted by atomic mass is 10.1. The van der Waals surface area contributed by atoms with Gasteiger partial charge in [0.15, 0.2) is 0 Å². The number of hydrogen-bond donors (Lipinski definition) is 2. The van der Waals surface area contributed by atoms with Crippen LogP contribution in [0.5, 0.6) is 0 Å². The van der Waals surface area contributed by atoms with Crippen LogP contribution in [0.3, 0.4) is 0 Å². The van der Waals surface area contributed by atoms with E-state index < -0.39 is 0 Å². The summed E-state index contributed by atoms with van der Waals surface area (Å²) in [5.74, 6) is -0.165. The maximum Gasteiger partial charge on any atom is 0.253 e. The molecule has 0 spiro atoms. The highest BCUT2D eigenvalue weighted by molar-refractivity contribution is 6.31. The lowest BCUT2D eigenvalue weighted by molar-refractivity contribution is 0.0949. The predicted octanol–water partition coefficient (Wildman–Crippen LogP) is 1.99. The second kappa shape index (κ2) is 6.61. The molecule has 0 fully saturated rings. The van der Waals surface area contributed by atoms with E-state index in [0.29, 0.717) is 28.9 Å². The standard InChI is InChI=1S/C13H20ClN3O/c1-9(2)17(3)7-6-16-13(18)11-5-4-10(14)8-12(11)15/h4-5,8-9H,6-7,15H2,1-3H3,(H,16,18). The highest BCUT2D eigenvalue weighted by Gasteiger charge is 2.10. The molecule has 0 aliphatic heterocycles. The first-order chi connectivity index (χ1) is 8.41. The number of carbonyl (C=O) groups excluding carboxylic acids is 1. The van der Waals surface area contributed by atoms with Crippen molar-refractivity contribution in [1.82, 2.24) is 10.2 Å². The van der Waals surface area contributed by atoms with E-state index >= 15 is 0 Å². The number of nitrogen functional groups attached to an aromatic ring is 1. The van der Waals surface area contributed by atoms with Crippen molar-refractivity contribution >= 4 is 23.2 Å². The zero-order valence-electron chi connectivity index (χ0n) is 11.0. The van der Waals surface area contributed by atoms with Gasteiger partial charge in [0.2, 0.25) is 0 Å². The molecule has 3 N–H and O–H groups in total. The quantitative estimate of drug-likeness (QED) is 0.804. The summed E-state index contributed by atoms with van der Waals surface area (Å²) in [5, 5.41) is 3.37. The molecule has 0 aromatic heterocycles. The maximum atomic E-state index is 11.9. The Hall–Kier alpha value is -1.26. The number of anilines is 1. The van der Waals surface area contributed by atoms with Crippen LogP contribution < -0.4 is 11.1 Å². The highest BCUT2D eigenvalue weighted by atomic mass is 35.5. The third kappa shape index (κ3) is 4.20. The van der Waals surface area contributed by atoms with Gasteiger partial charge in [0.25, 0.3) is 5.91 Å². The fraction of sp³-hybridized carbons (Fsp3) is 0.462. The van der Waals surface area contributed by atoms with E-state index in [9.17, 15) is 4.79 Å². The van der Waals surface area contributed by atoms with Gasteiger partial charge in [0.05, 0.1) is 5.56 Å². The van der Waals surface area contributed by atoms with Crippen LogP contribution in [0, 0.1) is 0 Å². The molecule has 100 valence electrons. The Balaban J connectivity index is 2.51. The van der Waals surface area contributed by atoms with Crippen LogP contribution in [0.25, 0.3) is 0 Å². The molecule has 0 atom stereocenters. The van der Waals surface area contributed by atoms with Crippen molar-refractivity contribution in [3.8, 4) is 0 Å². The van der Waals surface area contributed by atoms with Crippen LogP contribution in [0.1, 0.15) is 24.2 Å². The molecule has 0 aliphatic rings. The minimum atomic E-state index is -0.165. The van der Waals surface area contributed by atoms with Crippen LogP contribution in [0.4, 0.5) is 5.69 Å². The molecule has 1 amide bonds. The van der Waals surface area contributed by atoms with Gasteiger partial charge in [-0.3, -0.25) is 4.79 Å². The fourth-order valence-corrected chi connectivity index (χ4v) is 1.62. The molecule has 0 radical (unpaired) electrons. The van der Waals surface area contributed by atoms with Gasteiger partial charge in [0.1, 0.15) is 0 Å². The molecule has 1 rings (SSSR count). The number of carbonyl (C=O) groups is 1. The summed E-state index contributed by atoms with van der Waals surface area (Å²) in [6.45, 7) is 5.62. The lowest BCUT2D eigenvalue weighted by Crippen LogP contribution is -2.36. The third-order valence-electron chi connectivity index (χ3n) is 2.89. The highest BCUT2D eigenvalue weighted by Crippen LogP contribution is 2.17. The van der Waals surface area contributed by atoms with Crippen molar-refractivity contribution in [1.29, 1.82) is 0 Å². The summed E-state index contributed by atoms with van der Waals surface area (Å²) in [6, 6.07) is 5.34. The normalized spacial score (nSPS) is 11.0. The van der Waals surface area contributed by atoms with Crippen LogP contribution in [-0.4, -0.2) is 37.0 Å². The van der Waals surface area contributed by atoms with Crippen molar-refractivity contribution < 1.29 is 4.79 Å². The zero-order chi connectivity index (χ0) is 13.7. The van der Waals surface area contributed by atoms with E-state index in [1.165, 1.54) is 0 Å². The van der Waals surface area contributed by atoms with Gasteiger partial charge in [0, 0.05) is 29.8 Å². The molecule has 0 saturated carbocycles. The number of rotatable bonds is 5. The second-order valence-electron chi connectivity index (χ2n) is 4.56. The first-order valence-electron chi connectivity index (χ1n) is 5.95. The molecule has 0 unspecified atom stereocenters. The summed E-state index contributed by atoms with van der Waals surface area (Å²) in [5.41, 5.74) is 6.61. The van der Waals surface area contributed by atoms with Gasteiger partial charge in [-0.25, -0.2) is 0 Å². The average Bonchev–Trinajstić information content (AvgIpc) is 2.28. The van der Waals surface area contributed by atoms with Gasteiger partial charge >= 0.3 is 0 Å².